The zero-order chi connectivity index (χ0) is 14.7. The molecule has 104 valence electrons. The lowest BCUT2D eigenvalue weighted by atomic mass is 10.1. The van der Waals surface area contributed by atoms with Crippen LogP contribution in [0.2, 0.25) is 0 Å². The van der Waals surface area contributed by atoms with Crippen molar-refractivity contribution in [2.45, 2.75) is 13.3 Å². The molecule has 1 aliphatic heterocycles. The highest BCUT2D eigenvalue weighted by molar-refractivity contribution is 8.13. The quantitative estimate of drug-likeness (QED) is 0.858. The normalized spacial score (nSPS) is 18.1. The smallest absolute Gasteiger partial charge is 0.227 e. The van der Waals surface area contributed by atoms with E-state index in [2.05, 4.69) is 0 Å². The van der Waals surface area contributed by atoms with Crippen LogP contribution in [0.15, 0.2) is 18.2 Å². The third-order valence-electron chi connectivity index (χ3n) is 3.10. The maximum absolute atomic E-state index is 13.9. The third kappa shape index (κ3) is 2.99. The number of carbonyl (C=O) groups is 2. The maximum atomic E-state index is 13.9. The zero-order valence-corrected chi connectivity index (χ0v) is 11.7. The Morgan fingerprint density at radius 2 is 2.35 bits per heavy atom. The van der Waals surface area contributed by atoms with Crippen molar-refractivity contribution in [1.29, 1.82) is 5.26 Å². The number of nitrogens with zero attached hydrogens (tertiary/aromatic N) is 2. The summed E-state index contributed by atoms with van der Waals surface area (Å²) in [6.45, 7) is 1.82. The van der Waals surface area contributed by atoms with Crippen LogP contribution in [0.5, 0.6) is 0 Å². The monoisotopic (exact) mass is 292 g/mol. The second-order valence-electron chi connectivity index (χ2n) is 4.62. The Balaban J connectivity index is 2.20. The molecule has 1 saturated heterocycles. The molecule has 4 nitrogen and oxygen atoms in total. The van der Waals surface area contributed by atoms with Gasteiger partial charge in [-0.05, 0) is 18.1 Å². The van der Waals surface area contributed by atoms with Gasteiger partial charge in [-0.1, -0.05) is 17.8 Å². The van der Waals surface area contributed by atoms with E-state index < -0.39 is 5.82 Å². The number of hydrogen-bond donors (Lipinski definition) is 0. The first kappa shape index (κ1) is 14.5. The predicted molar refractivity (Wildman–Crippen MR) is 74.7 cm³/mol. The summed E-state index contributed by atoms with van der Waals surface area (Å²) in [5, 5.41) is 9.03. The molecule has 1 aromatic rings. The molecule has 1 unspecified atom stereocenters. The van der Waals surface area contributed by atoms with E-state index >= 15 is 0 Å². The molecule has 1 fully saturated rings. The minimum absolute atomic E-state index is 0.000459. The summed E-state index contributed by atoms with van der Waals surface area (Å²) in [5.74, 6) is -0.242. The summed E-state index contributed by atoms with van der Waals surface area (Å²) < 4.78 is 13.9. The highest BCUT2D eigenvalue weighted by Crippen LogP contribution is 2.31. The van der Waals surface area contributed by atoms with Gasteiger partial charge in [0.15, 0.2) is 5.12 Å². The summed E-state index contributed by atoms with van der Waals surface area (Å²) in [6.07, 6.45) is 0.277. The largest absolute Gasteiger partial charge is 0.308 e. The van der Waals surface area contributed by atoms with Gasteiger partial charge in [-0.25, -0.2) is 4.39 Å². The number of amides is 1. The lowest BCUT2D eigenvalue weighted by Crippen LogP contribution is -2.26. The topological polar surface area (TPSA) is 61.2 Å². The van der Waals surface area contributed by atoms with Gasteiger partial charge in [0.25, 0.3) is 0 Å². The van der Waals surface area contributed by atoms with Gasteiger partial charge in [-0.3, -0.25) is 9.59 Å². The summed E-state index contributed by atoms with van der Waals surface area (Å²) in [4.78, 5) is 24.3. The van der Waals surface area contributed by atoms with Crippen LogP contribution in [0.4, 0.5) is 10.1 Å². The average molecular weight is 292 g/mol. The van der Waals surface area contributed by atoms with Crippen LogP contribution in [-0.4, -0.2) is 23.3 Å². The van der Waals surface area contributed by atoms with Gasteiger partial charge in [0.05, 0.1) is 11.3 Å². The van der Waals surface area contributed by atoms with Crippen molar-refractivity contribution < 1.29 is 14.0 Å². The summed E-state index contributed by atoms with van der Waals surface area (Å²) in [7, 11) is 0. The molecule has 0 N–H and O–H groups in total. The number of hydrogen-bond acceptors (Lipinski definition) is 4. The molecule has 0 saturated carbocycles. The first-order valence-corrected chi connectivity index (χ1v) is 7.13. The molecule has 2 rings (SSSR count). The molecule has 20 heavy (non-hydrogen) atoms. The zero-order valence-electron chi connectivity index (χ0n) is 10.9. The van der Waals surface area contributed by atoms with Gasteiger partial charge in [-0.2, -0.15) is 5.26 Å². The van der Waals surface area contributed by atoms with Crippen LogP contribution >= 0.6 is 11.8 Å². The number of thioether (sulfide) groups is 1. The molecule has 1 atom stereocenters. The van der Waals surface area contributed by atoms with Gasteiger partial charge in [-0.15, -0.1) is 0 Å². The average Bonchev–Trinajstić information content (AvgIpc) is 2.77. The van der Waals surface area contributed by atoms with Crippen molar-refractivity contribution in [3.8, 4) is 6.07 Å². The van der Waals surface area contributed by atoms with Crippen molar-refractivity contribution in [3.05, 3.63) is 29.6 Å². The van der Waals surface area contributed by atoms with E-state index in [1.807, 2.05) is 6.07 Å². The summed E-state index contributed by atoms with van der Waals surface area (Å²) in [6, 6.07) is 6.08. The van der Waals surface area contributed by atoms with E-state index in [9.17, 15) is 14.0 Å². The van der Waals surface area contributed by atoms with Crippen LogP contribution in [-0.2, 0) is 9.59 Å². The molecule has 1 amide bonds. The van der Waals surface area contributed by atoms with Gasteiger partial charge >= 0.3 is 0 Å². The number of para-hydroxylation sites is 1. The second kappa shape index (κ2) is 6.06. The van der Waals surface area contributed by atoms with Crippen molar-refractivity contribution >= 4 is 28.5 Å². The van der Waals surface area contributed by atoms with Gasteiger partial charge in [0, 0.05) is 25.6 Å². The SMILES string of the molecule is CC(=O)SCC1CC(=O)N(c2c(F)cccc2C#N)C1. The molecular weight excluding hydrogens is 279 g/mol. The minimum Gasteiger partial charge on any atom is -0.308 e. The van der Waals surface area contributed by atoms with E-state index in [-0.39, 0.29) is 34.6 Å². The number of anilines is 1. The van der Waals surface area contributed by atoms with Gasteiger partial charge < -0.3 is 4.90 Å². The Morgan fingerprint density at radius 3 is 3.00 bits per heavy atom. The van der Waals surface area contributed by atoms with E-state index in [4.69, 9.17) is 5.26 Å². The van der Waals surface area contributed by atoms with Gasteiger partial charge in [0.2, 0.25) is 5.91 Å². The van der Waals surface area contributed by atoms with Crippen molar-refractivity contribution in [3.63, 3.8) is 0 Å². The lowest BCUT2D eigenvalue weighted by molar-refractivity contribution is -0.117. The maximum Gasteiger partial charge on any atom is 0.227 e. The highest BCUT2D eigenvalue weighted by Gasteiger charge is 2.33. The molecule has 0 spiro atoms. The molecule has 0 aromatic heterocycles. The summed E-state index contributed by atoms with van der Waals surface area (Å²) >= 11 is 1.17. The van der Waals surface area contributed by atoms with Crippen LogP contribution in [0.3, 0.4) is 0 Å². The second-order valence-corrected chi connectivity index (χ2v) is 5.82. The predicted octanol–water partition coefficient (Wildman–Crippen LogP) is 2.33. The summed E-state index contributed by atoms with van der Waals surface area (Å²) in [5.41, 5.74) is 0.202. The molecule has 1 aromatic carbocycles. The van der Waals surface area contributed by atoms with Crippen LogP contribution in [0.1, 0.15) is 18.9 Å². The van der Waals surface area contributed by atoms with Crippen LogP contribution < -0.4 is 4.90 Å². The Labute approximate surface area is 120 Å². The van der Waals surface area contributed by atoms with E-state index in [0.29, 0.717) is 12.3 Å². The van der Waals surface area contributed by atoms with E-state index in [1.165, 1.54) is 41.8 Å². The molecule has 1 heterocycles. The van der Waals surface area contributed by atoms with E-state index in [1.54, 1.807) is 0 Å². The number of carbonyl (C=O) groups excluding carboxylic acids is 2. The fourth-order valence-electron chi connectivity index (χ4n) is 2.22. The molecule has 6 heteroatoms. The first-order valence-electron chi connectivity index (χ1n) is 6.15. The highest BCUT2D eigenvalue weighted by atomic mass is 32.2. The van der Waals surface area contributed by atoms with Crippen molar-refractivity contribution in [1.82, 2.24) is 0 Å². The fraction of sp³-hybridized carbons (Fsp3) is 0.357. The molecular formula is C14H13FN2O2S. The van der Waals surface area contributed by atoms with Crippen LogP contribution in [0.25, 0.3) is 0 Å². The number of nitriles is 1. The standard InChI is InChI=1S/C14H13FN2O2S/c1-9(18)20-8-10-5-13(19)17(7-10)14-11(6-16)3-2-4-12(14)15/h2-4,10H,5,7-8H2,1H3. The van der Waals surface area contributed by atoms with Crippen molar-refractivity contribution in [2.75, 3.05) is 17.2 Å². The van der Waals surface area contributed by atoms with E-state index in [0.717, 1.165) is 0 Å². The molecule has 0 aliphatic carbocycles. The van der Waals surface area contributed by atoms with Crippen LogP contribution in [0, 0.1) is 23.1 Å². The number of halogens is 1. The Hall–Kier alpha value is -1.87. The molecule has 0 bridgehead atoms. The molecule has 1 aliphatic rings. The van der Waals surface area contributed by atoms with Gasteiger partial charge in [0.1, 0.15) is 11.9 Å². The Bertz CT molecular complexity index is 597. The minimum atomic E-state index is -0.572. The van der Waals surface area contributed by atoms with Crippen molar-refractivity contribution in [2.24, 2.45) is 5.92 Å². The molecule has 0 radical (unpaired) electrons. The Morgan fingerprint density at radius 1 is 1.60 bits per heavy atom. The first-order chi connectivity index (χ1) is 9.52. The number of benzene rings is 1. The number of rotatable bonds is 3. The Kier molecular flexibility index (Phi) is 4.40. The lowest BCUT2D eigenvalue weighted by Gasteiger charge is -2.18. The fourth-order valence-corrected chi connectivity index (χ4v) is 2.92. The third-order valence-corrected chi connectivity index (χ3v) is 4.15.